The lowest BCUT2D eigenvalue weighted by molar-refractivity contribution is -0.112. The molecular formula is C16H21N2O4PS. The van der Waals surface area contributed by atoms with Crippen molar-refractivity contribution in [3.05, 3.63) is 35.2 Å². The first kappa shape index (κ1) is 18.9. The molecule has 1 N–H and O–H groups in total. The van der Waals surface area contributed by atoms with Crippen LogP contribution in [-0.2, 0) is 18.4 Å². The Labute approximate surface area is 145 Å². The average molecular weight is 368 g/mol. The third-order valence-corrected chi connectivity index (χ3v) is 6.07. The summed E-state index contributed by atoms with van der Waals surface area (Å²) in [7, 11) is -3.22. The highest BCUT2D eigenvalue weighted by Crippen LogP contribution is 2.48. The van der Waals surface area contributed by atoms with Crippen LogP contribution in [0, 0.1) is 0 Å². The lowest BCUT2D eigenvalue weighted by Gasteiger charge is -2.15. The molecule has 2 aromatic rings. The van der Waals surface area contributed by atoms with Crippen LogP contribution in [0.5, 0.6) is 0 Å². The molecule has 0 fully saturated rings. The zero-order valence-corrected chi connectivity index (χ0v) is 15.7. The van der Waals surface area contributed by atoms with Gasteiger partial charge in [-0.2, -0.15) is 0 Å². The fraction of sp³-hybridized carbons (Fsp3) is 0.375. The maximum atomic E-state index is 12.5. The number of benzene rings is 1. The standard InChI is InChI=1S/C16H21N2O4PS/c1-4-21-23(20,22-5-2)11-10-15(12(3)19)24-16-17-13-8-6-7-9-14(13)18-16/h6-10H,4-5,11H2,1-3H3,(H,17,18)/b15-10-. The first-order valence-electron chi connectivity index (χ1n) is 7.69. The van der Waals surface area contributed by atoms with Gasteiger partial charge in [-0.05, 0) is 44.7 Å². The summed E-state index contributed by atoms with van der Waals surface area (Å²) in [5, 5.41) is 0.611. The second kappa shape index (κ2) is 8.62. The largest absolute Gasteiger partial charge is 0.334 e. The van der Waals surface area contributed by atoms with Crippen LogP contribution in [0.4, 0.5) is 0 Å². The van der Waals surface area contributed by atoms with Crippen LogP contribution in [0.1, 0.15) is 20.8 Å². The maximum Gasteiger partial charge on any atom is 0.334 e. The minimum absolute atomic E-state index is 0.0524. The van der Waals surface area contributed by atoms with E-state index in [1.807, 2.05) is 24.3 Å². The molecule has 0 aliphatic rings. The third kappa shape index (κ3) is 5.05. The van der Waals surface area contributed by atoms with E-state index in [2.05, 4.69) is 9.97 Å². The monoisotopic (exact) mass is 368 g/mol. The van der Waals surface area contributed by atoms with E-state index in [4.69, 9.17) is 9.05 Å². The molecule has 0 aliphatic carbocycles. The molecule has 0 bridgehead atoms. The van der Waals surface area contributed by atoms with Gasteiger partial charge in [0.2, 0.25) is 0 Å². The van der Waals surface area contributed by atoms with Gasteiger partial charge in [-0.15, -0.1) is 0 Å². The molecule has 0 radical (unpaired) electrons. The number of rotatable bonds is 9. The average Bonchev–Trinajstić information content (AvgIpc) is 2.94. The van der Waals surface area contributed by atoms with Gasteiger partial charge in [0, 0.05) is 0 Å². The van der Waals surface area contributed by atoms with Crippen molar-refractivity contribution in [2.45, 2.75) is 25.9 Å². The van der Waals surface area contributed by atoms with Gasteiger partial charge in [-0.1, -0.05) is 18.2 Å². The van der Waals surface area contributed by atoms with Crippen LogP contribution in [0.3, 0.4) is 0 Å². The van der Waals surface area contributed by atoms with Crippen molar-refractivity contribution in [2.75, 3.05) is 19.4 Å². The molecule has 6 nitrogen and oxygen atoms in total. The molecule has 0 saturated carbocycles. The van der Waals surface area contributed by atoms with Crippen molar-refractivity contribution in [1.29, 1.82) is 0 Å². The highest BCUT2D eigenvalue weighted by Gasteiger charge is 2.23. The van der Waals surface area contributed by atoms with Gasteiger partial charge in [0.15, 0.2) is 10.9 Å². The molecule has 1 aromatic carbocycles. The number of nitrogens with zero attached hydrogens (tertiary/aromatic N) is 1. The Kier molecular flexibility index (Phi) is 6.80. The summed E-state index contributed by atoms with van der Waals surface area (Å²) < 4.78 is 23.0. The lowest BCUT2D eigenvalue weighted by Crippen LogP contribution is -2.01. The minimum atomic E-state index is -3.22. The van der Waals surface area contributed by atoms with E-state index in [0.717, 1.165) is 11.0 Å². The quantitative estimate of drug-likeness (QED) is 0.401. The minimum Gasteiger partial charge on any atom is -0.333 e. The fourth-order valence-electron chi connectivity index (χ4n) is 2.07. The summed E-state index contributed by atoms with van der Waals surface area (Å²) in [6, 6.07) is 7.63. The van der Waals surface area contributed by atoms with E-state index in [0.29, 0.717) is 10.1 Å². The molecule has 1 aromatic heterocycles. The van der Waals surface area contributed by atoms with E-state index in [1.54, 1.807) is 19.9 Å². The first-order valence-corrected chi connectivity index (χ1v) is 10.2. The lowest BCUT2D eigenvalue weighted by atomic mass is 10.3. The number of aromatic nitrogens is 2. The topological polar surface area (TPSA) is 81.3 Å². The Balaban J connectivity index is 2.19. The molecule has 0 amide bonds. The summed E-state index contributed by atoms with van der Waals surface area (Å²) in [6.07, 6.45) is 1.66. The zero-order chi connectivity index (χ0) is 17.6. The number of H-pyrrole nitrogens is 1. The Morgan fingerprint density at radius 1 is 1.29 bits per heavy atom. The van der Waals surface area contributed by atoms with Crippen LogP contribution >= 0.6 is 19.4 Å². The Morgan fingerprint density at radius 2 is 1.96 bits per heavy atom. The number of hydrogen-bond donors (Lipinski definition) is 1. The van der Waals surface area contributed by atoms with Crippen molar-refractivity contribution in [3.8, 4) is 0 Å². The Morgan fingerprint density at radius 3 is 2.54 bits per heavy atom. The van der Waals surface area contributed by atoms with E-state index < -0.39 is 7.60 Å². The molecule has 0 spiro atoms. The van der Waals surface area contributed by atoms with Crippen LogP contribution < -0.4 is 0 Å². The molecule has 130 valence electrons. The van der Waals surface area contributed by atoms with Crippen molar-refractivity contribution in [3.63, 3.8) is 0 Å². The molecule has 0 atom stereocenters. The highest BCUT2D eigenvalue weighted by molar-refractivity contribution is 8.03. The van der Waals surface area contributed by atoms with Crippen molar-refractivity contribution in [1.82, 2.24) is 9.97 Å². The Bertz CT molecular complexity index is 744. The van der Waals surface area contributed by atoms with Crippen LogP contribution in [-0.4, -0.2) is 35.1 Å². The number of thioether (sulfide) groups is 1. The second-order valence-corrected chi connectivity index (χ2v) is 8.05. The first-order chi connectivity index (χ1) is 11.5. The molecule has 1 heterocycles. The molecule has 8 heteroatoms. The van der Waals surface area contributed by atoms with E-state index in [-0.39, 0.29) is 25.2 Å². The normalized spacial score (nSPS) is 12.7. The second-order valence-electron chi connectivity index (χ2n) is 4.91. The van der Waals surface area contributed by atoms with Gasteiger partial charge in [0.25, 0.3) is 0 Å². The van der Waals surface area contributed by atoms with Gasteiger partial charge in [-0.3, -0.25) is 9.36 Å². The summed E-state index contributed by atoms with van der Waals surface area (Å²) in [5.74, 6) is -0.125. The molecule has 2 rings (SSSR count). The summed E-state index contributed by atoms with van der Waals surface area (Å²) >= 11 is 1.21. The number of nitrogens with one attached hydrogen (secondary N) is 1. The molecule has 0 unspecified atom stereocenters. The molecular weight excluding hydrogens is 347 g/mol. The number of fused-ring (bicyclic) bond motifs is 1. The number of hydrogen-bond acceptors (Lipinski definition) is 6. The predicted molar refractivity (Wildman–Crippen MR) is 96.4 cm³/mol. The summed E-state index contributed by atoms with van der Waals surface area (Å²) in [6.45, 7) is 5.55. The van der Waals surface area contributed by atoms with E-state index >= 15 is 0 Å². The fourth-order valence-corrected chi connectivity index (χ4v) is 4.50. The number of ketones is 1. The SMILES string of the molecule is CCOP(=O)(C/C=C(\Sc1nc2ccccc2[nH]1)C(C)=O)OCC. The van der Waals surface area contributed by atoms with Crippen molar-refractivity contribution >= 4 is 36.2 Å². The summed E-state index contributed by atoms with van der Waals surface area (Å²) in [4.78, 5) is 19.9. The van der Waals surface area contributed by atoms with Gasteiger partial charge >= 0.3 is 7.60 Å². The van der Waals surface area contributed by atoms with E-state index in [9.17, 15) is 9.36 Å². The van der Waals surface area contributed by atoms with Crippen molar-refractivity contribution < 1.29 is 18.4 Å². The number of imidazole rings is 1. The number of carbonyl (C=O) groups is 1. The smallest absolute Gasteiger partial charge is 0.333 e. The number of para-hydroxylation sites is 2. The summed E-state index contributed by atoms with van der Waals surface area (Å²) in [5.41, 5.74) is 1.73. The Hall–Kier alpha value is -1.40. The third-order valence-electron chi connectivity index (χ3n) is 3.07. The molecule has 0 saturated heterocycles. The predicted octanol–water partition coefficient (Wildman–Crippen LogP) is 4.39. The van der Waals surface area contributed by atoms with Crippen molar-refractivity contribution in [2.24, 2.45) is 0 Å². The number of aromatic amines is 1. The van der Waals surface area contributed by atoms with Crippen LogP contribution in [0.2, 0.25) is 0 Å². The number of allylic oxidation sites excluding steroid dienone is 2. The number of Topliss-reactive ketones (excluding diaryl/α,β-unsaturated/α-hetero) is 1. The molecule has 0 aliphatic heterocycles. The van der Waals surface area contributed by atoms with Gasteiger partial charge in [0.1, 0.15) is 0 Å². The van der Waals surface area contributed by atoms with Gasteiger partial charge in [-0.25, -0.2) is 4.98 Å². The highest BCUT2D eigenvalue weighted by atomic mass is 32.2. The molecule has 24 heavy (non-hydrogen) atoms. The van der Waals surface area contributed by atoms with Gasteiger partial charge in [0.05, 0.1) is 35.3 Å². The van der Waals surface area contributed by atoms with E-state index in [1.165, 1.54) is 18.7 Å². The maximum absolute atomic E-state index is 12.5. The van der Waals surface area contributed by atoms with Crippen LogP contribution in [0.25, 0.3) is 11.0 Å². The van der Waals surface area contributed by atoms with Gasteiger partial charge < -0.3 is 14.0 Å². The van der Waals surface area contributed by atoms with Crippen LogP contribution in [0.15, 0.2) is 40.4 Å². The zero-order valence-electron chi connectivity index (χ0n) is 13.9. The number of carbonyl (C=O) groups excluding carboxylic acids is 1.